The number of anilines is 2. The van der Waals surface area contributed by atoms with Crippen LogP contribution in [0, 0.1) is 5.92 Å². The second-order valence-corrected chi connectivity index (χ2v) is 10.1. The zero-order valence-electron chi connectivity index (χ0n) is 22.2. The summed E-state index contributed by atoms with van der Waals surface area (Å²) in [6.07, 6.45) is 1.42. The van der Waals surface area contributed by atoms with Crippen LogP contribution < -0.4 is 14.5 Å². The Labute approximate surface area is 224 Å². The molecule has 0 bridgehead atoms. The number of hydrogen-bond donors (Lipinski definition) is 0. The molecule has 0 saturated heterocycles. The molecule has 5 heteroatoms. The Balaban J connectivity index is 1.47. The third kappa shape index (κ3) is 5.01. The monoisotopic (exact) mass is 506 g/mol. The van der Waals surface area contributed by atoms with E-state index >= 15 is 0 Å². The number of hydrogen-bond acceptors (Lipinski definition) is 3. The molecule has 3 unspecified atom stereocenters. The Hall–Kier alpha value is -4.12. The van der Waals surface area contributed by atoms with Crippen molar-refractivity contribution in [1.29, 1.82) is 0 Å². The smallest absolute Gasteiger partial charge is 0.265 e. The van der Waals surface area contributed by atoms with E-state index in [1.807, 2.05) is 115 Å². The highest BCUT2D eigenvalue weighted by molar-refractivity contribution is 5.99. The van der Waals surface area contributed by atoms with Gasteiger partial charge in [0.25, 0.3) is 5.91 Å². The van der Waals surface area contributed by atoms with Crippen LogP contribution in [0.1, 0.15) is 45.2 Å². The lowest BCUT2D eigenvalue weighted by atomic mass is 9.88. The number of para-hydroxylation sites is 2. The quantitative estimate of drug-likeness (QED) is 0.267. The highest BCUT2D eigenvalue weighted by Crippen LogP contribution is 2.42. The van der Waals surface area contributed by atoms with Crippen molar-refractivity contribution in [3.05, 3.63) is 103 Å². The molecular weight excluding hydrogens is 472 g/mol. The van der Waals surface area contributed by atoms with E-state index in [9.17, 15) is 9.59 Å². The van der Waals surface area contributed by atoms with Gasteiger partial charge in [-0.3, -0.25) is 9.59 Å². The number of ether oxygens (including phenoxy) is 1. The first-order chi connectivity index (χ1) is 18.5. The summed E-state index contributed by atoms with van der Waals surface area (Å²) in [6.45, 7) is 6.00. The second kappa shape index (κ2) is 11.1. The lowest BCUT2D eigenvalue weighted by Gasteiger charge is -2.44. The van der Waals surface area contributed by atoms with Crippen molar-refractivity contribution < 1.29 is 14.3 Å². The molecular formula is C33H34N2O3. The van der Waals surface area contributed by atoms with Gasteiger partial charge in [-0.25, -0.2) is 0 Å². The lowest BCUT2D eigenvalue weighted by Crippen LogP contribution is -2.49. The Kier molecular flexibility index (Phi) is 7.45. The third-order valence-electron chi connectivity index (χ3n) is 7.53. The summed E-state index contributed by atoms with van der Waals surface area (Å²) in [6, 6.07) is 31.4. The van der Waals surface area contributed by atoms with Crippen LogP contribution in [0.2, 0.25) is 0 Å². The summed E-state index contributed by atoms with van der Waals surface area (Å²) in [4.78, 5) is 31.0. The summed E-state index contributed by atoms with van der Waals surface area (Å²) in [5.41, 5.74) is 2.67. The van der Waals surface area contributed by atoms with Crippen LogP contribution in [0.15, 0.2) is 97.1 Å². The van der Waals surface area contributed by atoms with Gasteiger partial charge in [-0.15, -0.1) is 0 Å². The topological polar surface area (TPSA) is 49.9 Å². The molecule has 5 rings (SSSR count). The van der Waals surface area contributed by atoms with E-state index < -0.39 is 0 Å². The number of carbonyl (C=O) groups is 2. The van der Waals surface area contributed by atoms with Crippen molar-refractivity contribution in [3.8, 4) is 5.75 Å². The first-order valence-corrected chi connectivity index (χ1v) is 13.4. The number of fused-ring (bicyclic) bond motifs is 2. The van der Waals surface area contributed by atoms with Gasteiger partial charge >= 0.3 is 0 Å². The molecule has 0 spiro atoms. The minimum atomic E-state index is -0.225. The van der Waals surface area contributed by atoms with Crippen molar-refractivity contribution in [2.75, 3.05) is 16.4 Å². The van der Waals surface area contributed by atoms with Crippen LogP contribution >= 0.6 is 0 Å². The summed E-state index contributed by atoms with van der Waals surface area (Å²) >= 11 is 0. The van der Waals surface area contributed by atoms with Gasteiger partial charge in [-0.2, -0.15) is 0 Å². The fourth-order valence-electron chi connectivity index (χ4n) is 5.33. The van der Waals surface area contributed by atoms with E-state index in [0.717, 1.165) is 34.1 Å². The standard InChI is InChI=1S/C33H34N2O3/c1-4-23(2)33(37)34-24(3)20-31(29-16-10-11-17-30(29)34)35(27-14-6-5-7-15-27)32(36)22-38-28-19-18-25-12-8-9-13-26(25)21-28/h5-19,21,23-24,31H,4,20,22H2,1-3H3. The largest absolute Gasteiger partial charge is 0.484 e. The zero-order valence-corrected chi connectivity index (χ0v) is 22.2. The summed E-state index contributed by atoms with van der Waals surface area (Å²) in [7, 11) is 0. The van der Waals surface area contributed by atoms with Crippen LogP contribution in [-0.4, -0.2) is 24.5 Å². The molecule has 4 aromatic rings. The van der Waals surface area contributed by atoms with E-state index in [-0.39, 0.29) is 36.4 Å². The Morgan fingerprint density at radius 3 is 2.37 bits per heavy atom. The van der Waals surface area contributed by atoms with Crippen LogP contribution in [-0.2, 0) is 9.59 Å². The van der Waals surface area contributed by atoms with E-state index in [2.05, 4.69) is 13.0 Å². The fraction of sp³-hybridized carbons (Fsp3) is 0.273. The predicted molar refractivity (Wildman–Crippen MR) is 154 cm³/mol. The number of benzene rings is 4. The number of amides is 2. The van der Waals surface area contributed by atoms with Crippen LogP contribution in [0.3, 0.4) is 0 Å². The van der Waals surface area contributed by atoms with Crippen LogP contribution in [0.4, 0.5) is 11.4 Å². The molecule has 194 valence electrons. The minimum Gasteiger partial charge on any atom is -0.484 e. The molecule has 0 N–H and O–H groups in total. The van der Waals surface area contributed by atoms with Gasteiger partial charge in [0.1, 0.15) is 5.75 Å². The summed E-state index contributed by atoms with van der Waals surface area (Å²) in [5, 5.41) is 2.19. The molecule has 5 nitrogen and oxygen atoms in total. The predicted octanol–water partition coefficient (Wildman–Crippen LogP) is 7.16. The lowest BCUT2D eigenvalue weighted by molar-refractivity contribution is -0.122. The molecule has 1 aliphatic rings. The number of carbonyl (C=O) groups excluding carboxylic acids is 2. The molecule has 4 aromatic carbocycles. The second-order valence-electron chi connectivity index (χ2n) is 10.1. The average molecular weight is 507 g/mol. The third-order valence-corrected chi connectivity index (χ3v) is 7.53. The average Bonchev–Trinajstić information content (AvgIpc) is 2.96. The molecule has 3 atom stereocenters. The maximum atomic E-state index is 13.9. The van der Waals surface area contributed by atoms with Gasteiger partial charge in [0.15, 0.2) is 6.61 Å². The maximum absolute atomic E-state index is 13.9. The van der Waals surface area contributed by atoms with Crippen LogP contribution in [0.25, 0.3) is 10.8 Å². The van der Waals surface area contributed by atoms with Gasteiger partial charge in [-0.1, -0.05) is 80.6 Å². The Bertz CT molecular complexity index is 1430. The molecule has 0 fully saturated rings. The first-order valence-electron chi connectivity index (χ1n) is 13.4. The van der Waals surface area contributed by atoms with Gasteiger partial charge in [0, 0.05) is 23.3 Å². The zero-order chi connectivity index (χ0) is 26.6. The van der Waals surface area contributed by atoms with Gasteiger partial charge in [0.2, 0.25) is 5.91 Å². The molecule has 1 heterocycles. The molecule has 38 heavy (non-hydrogen) atoms. The Morgan fingerprint density at radius 2 is 1.61 bits per heavy atom. The van der Waals surface area contributed by atoms with Crippen molar-refractivity contribution in [2.24, 2.45) is 5.92 Å². The molecule has 0 radical (unpaired) electrons. The minimum absolute atomic E-state index is 0.0585. The highest BCUT2D eigenvalue weighted by Gasteiger charge is 2.39. The molecule has 0 aromatic heterocycles. The van der Waals surface area contributed by atoms with Crippen molar-refractivity contribution in [1.82, 2.24) is 0 Å². The van der Waals surface area contributed by atoms with Crippen molar-refractivity contribution in [2.45, 2.75) is 45.7 Å². The van der Waals surface area contributed by atoms with Crippen molar-refractivity contribution in [3.63, 3.8) is 0 Å². The van der Waals surface area contributed by atoms with E-state index in [4.69, 9.17) is 4.74 Å². The number of nitrogens with zero attached hydrogens (tertiary/aromatic N) is 2. The fourth-order valence-corrected chi connectivity index (χ4v) is 5.33. The van der Waals surface area contributed by atoms with Gasteiger partial charge in [0.05, 0.1) is 6.04 Å². The Morgan fingerprint density at radius 1 is 0.921 bits per heavy atom. The molecule has 2 amide bonds. The highest BCUT2D eigenvalue weighted by atomic mass is 16.5. The SMILES string of the molecule is CCC(C)C(=O)N1c2ccccc2C(N(C(=O)COc2ccc3ccccc3c2)c2ccccc2)CC1C. The normalized spacial score (nSPS) is 17.5. The van der Waals surface area contributed by atoms with Crippen molar-refractivity contribution >= 4 is 34.0 Å². The maximum Gasteiger partial charge on any atom is 0.265 e. The van der Waals surface area contributed by atoms with Gasteiger partial charge in [-0.05, 0) is 66.4 Å². The first kappa shape index (κ1) is 25.5. The van der Waals surface area contributed by atoms with Crippen LogP contribution in [0.5, 0.6) is 5.75 Å². The van der Waals surface area contributed by atoms with E-state index in [1.54, 1.807) is 0 Å². The summed E-state index contributed by atoms with van der Waals surface area (Å²) < 4.78 is 6.03. The van der Waals surface area contributed by atoms with E-state index in [1.165, 1.54) is 0 Å². The van der Waals surface area contributed by atoms with E-state index in [0.29, 0.717) is 12.2 Å². The molecule has 1 aliphatic heterocycles. The molecule has 0 aliphatic carbocycles. The molecule has 0 saturated carbocycles. The number of rotatable bonds is 7. The summed E-state index contributed by atoms with van der Waals surface area (Å²) in [5.74, 6) is 0.596. The van der Waals surface area contributed by atoms with Gasteiger partial charge < -0.3 is 14.5 Å².